The molecule has 0 heterocycles. The molecule has 1 atom stereocenters. The lowest BCUT2D eigenvalue weighted by Crippen LogP contribution is -2.07. The summed E-state index contributed by atoms with van der Waals surface area (Å²) < 4.78 is 1.06. The van der Waals surface area contributed by atoms with Gasteiger partial charge in [-0.3, -0.25) is 0 Å². The molecule has 0 bridgehead atoms. The highest BCUT2D eigenvalue weighted by molar-refractivity contribution is 9.10. The van der Waals surface area contributed by atoms with Gasteiger partial charge in [0.05, 0.1) is 0 Å². The van der Waals surface area contributed by atoms with Crippen LogP contribution in [0.1, 0.15) is 24.1 Å². The largest absolute Gasteiger partial charge is 0.508 e. The number of halogens is 1. The fourth-order valence-corrected chi connectivity index (χ4v) is 2.19. The Kier molecular flexibility index (Phi) is 3.92. The molecule has 3 heteroatoms. The minimum absolute atomic E-state index is 0.193. The highest BCUT2D eigenvalue weighted by Gasteiger charge is 2.07. The summed E-state index contributed by atoms with van der Waals surface area (Å²) in [5, 5.41) is 12.8. The van der Waals surface area contributed by atoms with Crippen LogP contribution in [0, 0.1) is 6.92 Å². The molecule has 0 aliphatic heterocycles. The van der Waals surface area contributed by atoms with Crippen LogP contribution in [0.25, 0.3) is 0 Å². The smallest absolute Gasteiger partial charge is 0.115 e. The van der Waals surface area contributed by atoms with E-state index in [-0.39, 0.29) is 6.04 Å². The van der Waals surface area contributed by atoms with Crippen LogP contribution in [0.15, 0.2) is 46.9 Å². The third-order valence-electron chi connectivity index (χ3n) is 2.96. The number of nitrogens with one attached hydrogen (secondary N) is 1. The lowest BCUT2D eigenvalue weighted by molar-refractivity contribution is 0.475. The van der Waals surface area contributed by atoms with Crippen molar-refractivity contribution in [2.75, 3.05) is 5.32 Å². The van der Waals surface area contributed by atoms with Crippen molar-refractivity contribution in [3.05, 3.63) is 58.1 Å². The van der Waals surface area contributed by atoms with Crippen LogP contribution in [0.2, 0.25) is 0 Å². The second kappa shape index (κ2) is 5.44. The van der Waals surface area contributed by atoms with Gasteiger partial charge in [0, 0.05) is 16.2 Å². The van der Waals surface area contributed by atoms with E-state index in [0.29, 0.717) is 5.75 Å². The first-order valence-electron chi connectivity index (χ1n) is 5.88. The maximum Gasteiger partial charge on any atom is 0.115 e. The predicted octanol–water partition coefficient (Wildman–Crippen LogP) is 4.64. The van der Waals surface area contributed by atoms with E-state index in [2.05, 4.69) is 47.2 Å². The maximum absolute atomic E-state index is 9.28. The highest BCUT2D eigenvalue weighted by Crippen LogP contribution is 2.26. The number of benzene rings is 2. The van der Waals surface area contributed by atoms with Crippen molar-refractivity contribution in [3.63, 3.8) is 0 Å². The topological polar surface area (TPSA) is 32.3 Å². The molecule has 0 saturated carbocycles. The molecule has 0 saturated heterocycles. The fraction of sp³-hybridized carbons (Fsp3) is 0.200. The number of anilines is 1. The van der Waals surface area contributed by atoms with Crippen LogP contribution in [0.5, 0.6) is 5.75 Å². The molecule has 2 nitrogen and oxygen atoms in total. The summed E-state index contributed by atoms with van der Waals surface area (Å²) in [6.45, 7) is 4.19. The van der Waals surface area contributed by atoms with Crippen molar-refractivity contribution in [2.45, 2.75) is 19.9 Å². The third kappa shape index (κ3) is 3.05. The Hall–Kier alpha value is -1.48. The average molecular weight is 306 g/mol. The fourth-order valence-electron chi connectivity index (χ4n) is 1.83. The molecule has 0 aliphatic rings. The standard InChI is InChI=1S/C15H16BrNO/c1-10-3-6-13(16)9-15(10)17-11(2)12-4-7-14(18)8-5-12/h3-9,11,17-18H,1-2H3. The van der Waals surface area contributed by atoms with Gasteiger partial charge in [-0.1, -0.05) is 34.1 Å². The van der Waals surface area contributed by atoms with Crippen LogP contribution in [-0.4, -0.2) is 5.11 Å². The van der Waals surface area contributed by atoms with Gasteiger partial charge in [0.2, 0.25) is 0 Å². The number of phenolic OH excluding ortho intramolecular Hbond substituents is 1. The average Bonchev–Trinajstić information content (AvgIpc) is 2.34. The molecule has 0 amide bonds. The molecule has 18 heavy (non-hydrogen) atoms. The number of aryl methyl sites for hydroxylation is 1. The Morgan fingerprint density at radius 1 is 1.11 bits per heavy atom. The number of hydrogen-bond donors (Lipinski definition) is 2. The van der Waals surface area contributed by atoms with Gasteiger partial charge in [-0.2, -0.15) is 0 Å². The van der Waals surface area contributed by atoms with Gasteiger partial charge in [0.15, 0.2) is 0 Å². The first kappa shape index (κ1) is 13.0. The first-order chi connectivity index (χ1) is 8.56. The molecule has 2 rings (SSSR count). The highest BCUT2D eigenvalue weighted by atomic mass is 79.9. The zero-order valence-electron chi connectivity index (χ0n) is 10.4. The molecule has 2 aromatic carbocycles. The van der Waals surface area contributed by atoms with E-state index in [9.17, 15) is 5.11 Å². The van der Waals surface area contributed by atoms with Gasteiger partial charge < -0.3 is 10.4 Å². The van der Waals surface area contributed by atoms with E-state index in [1.54, 1.807) is 12.1 Å². The minimum Gasteiger partial charge on any atom is -0.508 e. The minimum atomic E-state index is 0.193. The molecule has 94 valence electrons. The van der Waals surface area contributed by atoms with E-state index in [1.807, 2.05) is 18.2 Å². The van der Waals surface area contributed by atoms with Crippen LogP contribution in [0.3, 0.4) is 0 Å². The molecular formula is C15H16BrNO. The van der Waals surface area contributed by atoms with E-state index >= 15 is 0 Å². The molecule has 2 N–H and O–H groups in total. The quantitative estimate of drug-likeness (QED) is 0.866. The first-order valence-corrected chi connectivity index (χ1v) is 6.67. The summed E-state index contributed by atoms with van der Waals surface area (Å²) in [4.78, 5) is 0. The van der Waals surface area contributed by atoms with Gasteiger partial charge in [0.1, 0.15) is 5.75 Å². The van der Waals surface area contributed by atoms with Crippen LogP contribution < -0.4 is 5.32 Å². The van der Waals surface area contributed by atoms with Gasteiger partial charge in [-0.25, -0.2) is 0 Å². The molecular weight excluding hydrogens is 290 g/mol. The van der Waals surface area contributed by atoms with Crippen molar-refractivity contribution >= 4 is 21.6 Å². The van der Waals surface area contributed by atoms with Crippen molar-refractivity contribution in [1.29, 1.82) is 0 Å². The Labute approximate surface area is 116 Å². The number of rotatable bonds is 3. The Balaban J connectivity index is 2.18. The Morgan fingerprint density at radius 3 is 2.44 bits per heavy atom. The summed E-state index contributed by atoms with van der Waals surface area (Å²) in [7, 11) is 0. The van der Waals surface area contributed by atoms with Crippen LogP contribution in [0.4, 0.5) is 5.69 Å². The summed E-state index contributed by atoms with van der Waals surface area (Å²) in [5.41, 5.74) is 3.47. The van der Waals surface area contributed by atoms with E-state index in [0.717, 1.165) is 15.7 Å². The molecule has 0 radical (unpaired) electrons. The molecule has 1 unspecified atom stereocenters. The zero-order chi connectivity index (χ0) is 13.1. The lowest BCUT2D eigenvalue weighted by Gasteiger charge is -2.17. The second-order valence-corrected chi connectivity index (χ2v) is 5.33. The SMILES string of the molecule is Cc1ccc(Br)cc1NC(C)c1ccc(O)cc1. The van der Waals surface area contributed by atoms with E-state index in [4.69, 9.17) is 0 Å². The third-order valence-corrected chi connectivity index (χ3v) is 3.46. The number of aromatic hydroxyl groups is 1. The normalized spacial score (nSPS) is 12.2. The van der Waals surface area contributed by atoms with Crippen molar-refractivity contribution < 1.29 is 5.11 Å². The van der Waals surface area contributed by atoms with Gasteiger partial charge in [-0.05, 0) is 49.2 Å². The van der Waals surface area contributed by atoms with Crippen LogP contribution in [-0.2, 0) is 0 Å². The Bertz CT molecular complexity index is 537. The molecule has 0 spiro atoms. The Morgan fingerprint density at radius 2 is 1.78 bits per heavy atom. The van der Waals surface area contributed by atoms with Crippen molar-refractivity contribution in [3.8, 4) is 5.75 Å². The second-order valence-electron chi connectivity index (χ2n) is 4.42. The summed E-state index contributed by atoms with van der Waals surface area (Å²) in [6.07, 6.45) is 0. The zero-order valence-corrected chi connectivity index (χ0v) is 12.0. The predicted molar refractivity (Wildman–Crippen MR) is 79.0 cm³/mol. The lowest BCUT2D eigenvalue weighted by atomic mass is 10.1. The van der Waals surface area contributed by atoms with Gasteiger partial charge in [-0.15, -0.1) is 0 Å². The number of phenols is 1. The van der Waals surface area contributed by atoms with Gasteiger partial charge in [0.25, 0.3) is 0 Å². The molecule has 0 fully saturated rings. The monoisotopic (exact) mass is 305 g/mol. The summed E-state index contributed by atoms with van der Waals surface area (Å²) >= 11 is 3.48. The van der Waals surface area contributed by atoms with Gasteiger partial charge >= 0.3 is 0 Å². The van der Waals surface area contributed by atoms with Crippen LogP contribution >= 0.6 is 15.9 Å². The molecule has 0 aliphatic carbocycles. The van der Waals surface area contributed by atoms with Crippen molar-refractivity contribution in [1.82, 2.24) is 0 Å². The maximum atomic E-state index is 9.28. The molecule has 2 aromatic rings. The van der Waals surface area contributed by atoms with Crippen molar-refractivity contribution in [2.24, 2.45) is 0 Å². The summed E-state index contributed by atoms with van der Waals surface area (Å²) in [6, 6.07) is 13.7. The number of hydrogen-bond acceptors (Lipinski definition) is 2. The summed E-state index contributed by atoms with van der Waals surface area (Å²) in [5.74, 6) is 0.296. The van der Waals surface area contributed by atoms with E-state index < -0.39 is 0 Å². The van der Waals surface area contributed by atoms with E-state index in [1.165, 1.54) is 5.56 Å². The molecule has 0 aromatic heterocycles.